The van der Waals surface area contributed by atoms with Gasteiger partial charge < -0.3 is 10.4 Å². The topological polar surface area (TPSA) is 35.5 Å². The summed E-state index contributed by atoms with van der Waals surface area (Å²) in [5.41, 5.74) is 2.58. The lowest BCUT2D eigenvalue weighted by molar-refractivity contribution is 0.0336. The van der Waals surface area contributed by atoms with Gasteiger partial charge in [-0.25, -0.2) is 0 Å². The average molecular weight is 310 g/mol. The number of rotatable bonds is 5. The fraction of sp³-hybridized carbons (Fsp3) is 0.400. The predicted molar refractivity (Wildman–Crippen MR) is 94.1 cm³/mol. The van der Waals surface area contributed by atoms with Crippen LogP contribution in [-0.2, 0) is 6.54 Å². The molecule has 2 N–H and O–H groups in total. The molecule has 3 rings (SSSR count). The fourth-order valence-electron chi connectivity index (χ4n) is 3.34. The lowest BCUT2D eigenvalue weighted by Gasteiger charge is -2.37. The Bertz CT molecular complexity index is 587. The number of nitrogens with one attached hydrogen (secondary N) is 1. The van der Waals surface area contributed by atoms with E-state index in [0.29, 0.717) is 0 Å². The van der Waals surface area contributed by atoms with E-state index >= 15 is 0 Å². The van der Waals surface area contributed by atoms with Crippen molar-refractivity contribution in [2.45, 2.75) is 38.1 Å². The second-order valence-electron chi connectivity index (χ2n) is 6.48. The van der Waals surface area contributed by atoms with Gasteiger partial charge in [-0.3, -0.25) is 4.90 Å². The Balaban J connectivity index is 1.52. The van der Waals surface area contributed by atoms with Crippen LogP contribution in [0.3, 0.4) is 0 Å². The van der Waals surface area contributed by atoms with Crippen molar-refractivity contribution >= 4 is 0 Å². The Labute approximate surface area is 139 Å². The molecule has 1 aliphatic rings. The normalized spacial score (nSPS) is 23.6. The standard InChI is InChI=1S/C20H26N2O/c1-16(18-10-6-3-7-11-18)21-19-12-13-22(15-20(19)23)14-17-8-4-2-5-9-17/h2-11,16,19-21,23H,12-15H2,1H3/t16-,19-,20-/m0/s1. The highest BCUT2D eigenvalue weighted by atomic mass is 16.3. The minimum Gasteiger partial charge on any atom is -0.390 e. The van der Waals surface area contributed by atoms with Crippen LogP contribution < -0.4 is 5.32 Å². The van der Waals surface area contributed by atoms with Gasteiger partial charge in [0.25, 0.3) is 0 Å². The molecule has 0 bridgehead atoms. The lowest BCUT2D eigenvalue weighted by Crippen LogP contribution is -2.52. The molecule has 0 spiro atoms. The lowest BCUT2D eigenvalue weighted by atomic mass is 9.98. The van der Waals surface area contributed by atoms with E-state index in [-0.39, 0.29) is 18.2 Å². The molecule has 0 unspecified atom stereocenters. The smallest absolute Gasteiger partial charge is 0.0820 e. The SMILES string of the molecule is C[C@H](N[C@H]1CCN(Cc2ccccc2)C[C@@H]1O)c1ccccc1. The van der Waals surface area contributed by atoms with Crippen LogP contribution in [0.5, 0.6) is 0 Å². The Kier molecular flexibility index (Phi) is 5.44. The zero-order chi connectivity index (χ0) is 16.1. The Morgan fingerprint density at radius 2 is 1.74 bits per heavy atom. The number of β-amino-alcohol motifs (C(OH)–C–C–N with tert-alkyl or cyclic N) is 1. The van der Waals surface area contributed by atoms with Crippen molar-refractivity contribution in [2.75, 3.05) is 13.1 Å². The van der Waals surface area contributed by atoms with E-state index in [2.05, 4.69) is 65.7 Å². The molecule has 1 aliphatic heterocycles. The first-order valence-electron chi connectivity index (χ1n) is 8.48. The van der Waals surface area contributed by atoms with Crippen molar-refractivity contribution in [3.63, 3.8) is 0 Å². The van der Waals surface area contributed by atoms with Gasteiger partial charge in [0.15, 0.2) is 0 Å². The maximum atomic E-state index is 10.5. The Morgan fingerprint density at radius 3 is 2.39 bits per heavy atom. The Hall–Kier alpha value is -1.68. The highest BCUT2D eigenvalue weighted by Gasteiger charge is 2.28. The van der Waals surface area contributed by atoms with Crippen molar-refractivity contribution in [3.05, 3.63) is 71.8 Å². The van der Waals surface area contributed by atoms with Crippen LogP contribution in [-0.4, -0.2) is 35.2 Å². The quantitative estimate of drug-likeness (QED) is 0.891. The van der Waals surface area contributed by atoms with Gasteiger partial charge in [0.2, 0.25) is 0 Å². The Morgan fingerprint density at radius 1 is 1.09 bits per heavy atom. The van der Waals surface area contributed by atoms with Crippen LogP contribution in [0.4, 0.5) is 0 Å². The molecule has 2 aromatic carbocycles. The van der Waals surface area contributed by atoms with Crippen molar-refractivity contribution < 1.29 is 5.11 Å². The molecule has 2 aromatic rings. The van der Waals surface area contributed by atoms with E-state index < -0.39 is 0 Å². The molecule has 122 valence electrons. The first kappa shape index (κ1) is 16.2. The summed E-state index contributed by atoms with van der Waals surface area (Å²) in [5, 5.41) is 14.1. The van der Waals surface area contributed by atoms with Crippen LogP contribution in [0, 0.1) is 0 Å². The highest BCUT2D eigenvalue weighted by Crippen LogP contribution is 2.19. The van der Waals surface area contributed by atoms with Crippen LogP contribution in [0.25, 0.3) is 0 Å². The summed E-state index contributed by atoms with van der Waals surface area (Å²) in [6, 6.07) is 21.3. The van der Waals surface area contributed by atoms with Crippen molar-refractivity contribution in [2.24, 2.45) is 0 Å². The minimum atomic E-state index is -0.321. The molecule has 23 heavy (non-hydrogen) atoms. The van der Waals surface area contributed by atoms with Crippen LogP contribution in [0.15, 0.2) is 60.7 Å². The third-order valence-electron chi connectivity index (χ3n) is 4.68. The minimum absolute atomic E-state index is 0.164. The first-order valence-corrected chi connectivity index (χ1v) is 8.48. The zero-order valence-electron chi connectivity index (χ0n) is 13.7. The van der Waals surface area contributed by atoms with Crippen molar-refractivity contribution in [1.82, 2.24) is 10.2 Å². The summed E-state index contributed by atoms with van der Waals surface area (Å²) in [5.74, 6) is 0. The van der Waals surface area contributed by atoms with Gasteiger partial charge in [-0.2, -0.15) is 0 Å². The number of piperidine rings is 1. The van der Waals surface area contributed by atoms with Crippen molar-refractivity contribution in [3.8, 4) is 0 Å². The molecule has 3 heteroatoms. The second-order valence-corrected chi connectivity index (χ2v) is 6.48. The molecule has 0 aliphatic carbocycles. The molecule has 1 saturated heterocycles. The van der Waals surface area contributed by atoms with Gasteiger partial charge in [0.05, 0.1) is 6.10 Å². The van der Waals surface area contributed by atoms with Gasteiger partial charge in [0, 0.05) is 31.7 Å². The summed E-state index contributed by atoms with van der Waals surface area (Å²) < 4.78 is 0. The van der Waals surface area contributed by atoms with E-state index in [4.69, 9.17) is 0 Å². The van der Waals surface area contributed by atoms with E-state index in [1.54, 1.807) is 0 Å². The summed E-state index contributed by atoms with van der Waals surface area (Å²) >= 11 is 0. The fourth-order valence-corrected chi connectivity index (χ4v) is 3.34. The van der Waals surface area contributed by atoms with E-state index in [1.807, 2.05) is 12.1 Å². The predicted octanol–water partition coefficient (Wildman–Crippen LogP) is 2.97. The molecule has 3 nitrogen and oxygen atoms in total. The maximum absolute atomic E-state index is 10.5. The zero-order valence-corrected chi connectivity index (χ0v) is 13.7. The number of hydrogen-bond acceptors (Lipinski definition) is 3. The van der Waals surface area contributed by atoms with E-state index in [9.17, 15) is 5.11 Å². The number of hydrogen-bond donors (Lipinski definition) is 2. The summed E-state index contributed by atoms with van der Waals surface area (Å²) in [6.07, 6.45) is 0.657. The molecule has 1 heterocycles. The number of aliphatic hydroxyl groups is 1. The number of likely N-dealkylation sites (tertiary alicyclic amines) is 1. The molecule has 0 radical (unpaired) electrons. The molecule has 1 fully saturated rings. The van der Waals surface area contributed by atoms with Crippen LogP contribution in [0.2, 0.25) is 0 Å². The van der Waals surface area contributed by atoms with E-state index in [0.717, 1.165) is 26.1 Å². The third-order valence-corrected chi connectivity index (χ3v) is 4.68. The molecule has 0 amide bonds. The molecule has 3 atom stereocenters. The number of aliphatic hydroxyl groups excluding tert-OH is 1. The van der Waals surface area contributed by atoms with Gasteiger partial charge >= 0.3 is 0 Å². The monoisotopic (exact) mass is 310 g/mol. The molecular weight excluding hydrogens is 284 g/mol. The van der Waals surface area contributed by atoms with Crippen LogP contribution >= 0.6 is 0 Å². The van der Waals surface area contributed by atoms with Gasteiger partial charge in [-0.1, -0.05) is 60.7 Å². The first-order chi connectivity index (χ1) is 11.2. The molecule has 0 aromatic heterocycles. The average Bonchev–Trinajstić information content (AvgIpc) is 2.59. The molecular formula is C20H26N2O. The van der Waals surface area contributed by atoms with Gasteiger partial charge in [-0.15, -0.1) is 0 Å². The summed E-state index contributed by atoms with van der Waals surface area (Å²) in [6.45, 7) is 4.83. The van der Waals surface area contributed by atoms with E-state index in [1.165, 1.54) is 11.1 Å². The number of benzene rings is 2. The maximum Gasteiger partial charge on any atom is 0.0820 e. The van der Waals surface area contributed by atoms with Crippen molar-refractivity contribution in [1.29, 1.82) is 0 Å². The molecule has 0 saturated carbocycles. The van der Waals surface area contributed by atoms with Gasteiger partial charge in [-0.05, 0) is 24.5 Å². The third kappa shape index (κ3) is 4.41. The number of nitrogens with zero attached hydrogens (tertiary/aromatic N) is 1. The summed E-state index contributed by atoms with van der Waals surface area (Å²) in [4.78, 5) is 2.34. The summed E-state index contributed by atoms with van der Waals surface area (Å²) in [7, 11) is 0. The van der Waals surface area contributed by atoms with Gasteiger partial charge in [0.1, 0.15) is 0 Å². The van der Waals surface area contributed by atoms with Crippen LogP contribution in [0.1, 0.15) is 30.5 Å². The largest absolute Gasteiger partial charge is 0.390 e. The second kappa shape index (κ2) is 7.73. The highest BCUT2D eigenvalue weighted by molar-refractivity contribution is 5.18.